The third-order valence-electron chi connectivity index (χ3n) is 3.97. The van der Waals surface area contributed by atoms with Crippen LogP contribution in [0.3, 0.4) is 0 Å². The van der Waals surface area contributed by atoms with E-state index in [1.165, 1.54) is 10.4 Å². The predicted molar refractivity (Wildman–Crippen MR) is 84.1 cm³/mol. The second kappa shape index (κ2) is 6.80. The molecule has 0 spiro atoms. The average molecular weight is 287 g/mol. The molecule has 2 aromatic rings. The van der Waals surface area contributed by atoms with Crippen molar-refractivity contribution in [2.45, 2.75) is 45.1 Å². The van der Waals surface area contributed by atoms with E-state index in [9.17, 15) is 0 Å². The van der Waals surface area contributed by atoms with Gasteiger partial charge in [-0.25, -0.2) is 0 Å². The zero-order valence-electron chi connectivity index (χ0n) is 13.4. The van der Waals surface area contributed by atoms with Crippen molar-refractivity contribution < 1.29 is 0 Å². The number of aryl methyl sites for hydroxylation is 1. The minimum absolute atomic E-state index is 0.00433. The Morgan fingerprint density at radius 2 is 1.95 bits per heavy atom. The normalized spacial score (nSPS) is 13.3. The molecule has 1 atom stereocenters. The fourth-order valence-corrected chi connectivity index (χ4v) is 2.56. The van der Waals surface area contributed by atoms with Crippen LogP contribution < -0.4 is 5.32 Å². The summed E-state index contributed by atoms with van der Waals surface area (Å²) in [6.45, 7) is 7.71. The van der Waals surface area contributed by atoms with Gasteiger partial charge in [0.15, 0.2) is 5.82 Å². The summed E-state index contributed by atoms with van der Waals surface area (Å²) in [5.41, 5.74) is 1.32. The van der Waals surface area contributed by atoms with Crippen molar-refractivity contribution in [3.05, 3.63) is 41.7 Å². The van der Waals surface area contributed by atoms with E-state index >= 15 is 0 Å². The van der Waals surface area contributed by atoms with Crippen LogP contribution in [-0.2, 0) is 18.9 Å². The third-order valence-corrected chi connectivity index (χ3v) is 3.97. The van der Waals surface area contributed by atoms with E-state index in [4.69, 9.17) is 0 Å². The summed E-state index contributed by atoms with van der Waals surface area (Å²) in [6, 6.07) is 10.9. The lowest BCUT2D eigenvalue weighted by Gasteiger charge is -2.35. The molecule has 1 aromatic carbocycles. The minimum atomic E-state index is -0.00433. The smallest absolute Gasteiger partial charge is 0.176 e. The quantitative estimate of drug-likeness (QED) is 0.847. The van der Waals surface area contributed by atoms with Gasteiger partial charge in [0, 0.05) is 17.9 Å². The van der Waals surface area contributed by atoms with Gasteiger partial charge in [-0.15, -0.1) is 10.2 Å². The standard InChI is InChI=1S/C16H25N5/c1-5-11-17-14(12-15-18-20-21(4)19-15)16(2,3)13-9-7-6-8-10-13/h6-10,14,17H,5,11-12H2,1-4H3. The summed E-state index contributed by atoms with van der Waals surface area (Å²) in [6.07, 6.45) is 1.88. The molecule has 0 saturated heterocycles. The largest absolute Gasteiger partial charge is 0.313 e. The minimum Gasteiger partial charge on any atom is -0.313 e. The van der Waals surface area contributed by atoms with Crippen LogP contribution in [0.5, 0.6) is 0 Å². The second-order valence-corrected chi connectivity index (χ2v) is 5.99. The summed E-state index contributed by atoms with van der Waals surface area (Å²) in [4.78, 5) is 1.52. The van der Waals surface area contributed by atoms with Crippen molar-refractivity contribution >= 4 is 0 Å². The molecule has 0 fully saturated rings. The number of rotatable bonds is 7. The van der Waals surface area contributed by atoms with E-state index < -0.39 is 0 Å². The van der Waals surface area contributed by atoms with Crippen LogP contribution in [0.1, 0.15) is 38.6 Å². The van der Waals surface area contributed by atoms with E-state index in [0.29, 0.717) is 0 Å². The van der Waals surface area contributed by atoms with Crippen LogP contribution >= 0.6 is 0 Å². The van der Waals surface area contributed by atoms with Gasteiger partial charge in [0.05, 0.1) is 7.05 Å². The molecule has 1 unspecified atom stereocenters. The van der Waals surface area contributed by atoms with Crippen molar-refractivity contribution in [1.82, 2.24) is 25.5 Å². The topological polar surface area (TPSA) is 55.6 Å². The fourth-order valence-electron chi connectivity index (χ4n) is 2.56. The number of nitrogens with zero attached hydrogens (tertiary/aromatic N) is 4. The highest BCUT2D eigenvalue weighted by molar-refractivity contribution is 5.26. The lowest BCUT2D eigenvalue weighted by atomic mass is 9.76. The van der Waals surface area contributed by atoms with Crippen molar-refractivity contribution in [3.63, 3.8) is 0 Å². The van der Waals surface area contributed by atoms with Gasteiger partial charge in [-0.05, 0) is 23.7 Å². The molecule has 0 saturated carbocycles. The molecule has 1 N–H and O–H groups in total. The molecule has 1 heterocycles. The lowest BCUT2D eigenvalue weighted by molar-refractivity contribution is 0.333. The first-order valence-electron chi connectivity index (χ1n) is 7.55. The summed E-state index contributed by atoms with van der Waals surface area (Å²) in [5, 5.41) is 16.0. The Bertz CT molecular complexity index is 547. The predicted octanol–water partition coefficient (Wildman–Crippen LogP) is 2.10. The highest BCUT2D eigenvalue weighted by Gasteiger charge is 2.31. The Hall–Kier alpha value is -1.75. The second-order valence-electron chi connectivity index (χ2n) is 5.99. The highest BCUT2D eigenvalue weighted by Crippen LogP contribution is 2.28. The van der Waals surface area contributed by atoms with Crippen molar-refractivity contribution in [2.24, 2.45) is 7.05 Å². The molecule has 114 valence electrons. The monoisotopic (exact) mass is 287 g/mol. The van der Waals surface area contributed by atoms with Gasteiger partial charge in [-0.1, -0.05) is 51.1 Å². The Labute approximate surface area is 126 Å². The molecule has 0 aliphatic carbocycles. The van der Waals surface area contributed by atoms with Crippen LogP contribution in [0, 0.1) is 0 Å². The zero-order valence-corrected chi connectivity index (χ0v) is 13.4. The van der Waals surface area contributed by atoms with E-state index in [2.05, 4.69) is 71.8 Å². The van der Waals surface area contributed by atoms with Crippen molar-refractivity contribution in [2.75, 3.05) is 6.54 Å². The Balaban J connectivity index is 2.21. The first-order chi connectivity index (χ1) is 10.0. The van der Waals surface area contributed by atoms with E-state index in [0.717, 1.165) is 25.2 Å². The SMILES string of the molecule is CCCNC(Cc1nnn(C)n1)C(C)(C)c1ccccc1. The molecular formula is C16H25N5. The van der Waals surface area contributed by atoms with Gasteiger partial charge in [-0.3, -0.25) is 0 Å². The average Bonchev–Trinajstić information content (AvgIpc) is 2.89. The van der Waals surface area contributed by atoms with Gasteiger partial charge in [0.1, 0.15) is 0 Å². The number of benzene rings is 1. The van der Waals surface area contributed by atoms with Crippen LogP contribution in [0.15, 0.2) is 30.3 Å². The maximum Gasteiger partial charge on any atom is 0.176 e. The Kier molecular flexibility index (Phi) is 5.07. The van der Waals surface area contributed by atoms with Gasteiger partial charge < -0.3 is 5.32 Å². The van der Waals surface area contributed by atoms with E-state index in [-0.39, 0.29) is 11.5 Å². The van der Waals surface area contributed by atoms with Gasteiger partial charge in [-0.2, -0.15) is 4.80 Å². The first kappa shape index (κ1) is 15.6. The van der Waals surface area contributed by atoms with Crippen LogP contribution in [0.25, 0.3) is 0 Å². The van der Waals surface area contributed by atoms with Crippen molar-refractivity contribution in [1.29, 1.82) is 0 Å². The molecule has 2 rings (SSSR count). The first-order valence-corrected chi connectivity index (χ1v) is 7.55. The number of hydrogen-bond acceptors (Lipinski definition) is 4. The number of aromatic nitrogens is 4. The van der Waals surface area contributed by atoms with Gasteiger partial charge >= 0.3 is 0 Å². The Morgan fingerprint density at radius 1 is 1.24 bits per heavy atom. The molecule has 21 heavy (non-hydrogen) atoms. The molecule has 0 aliphatic heterocycles. The molecular weight excluding hydrogens is 262 g/mol. The molecule has 0 bridgehead atoms. The molecule has 5 nitrogen and oxygen atoms in total. The summed E-state index contributed by atoms with van der Waals surface area (Å²) < 4.78 is 0. The summed E-state index contributed by atoms with van der Waals surface area (Å²) in [5.74, 6) is 0.787. The Morgan fingerprint density at radius 3 is 2.52 bits per heavy atom. The third kappa shape index (κ3) is 3.88. The zero-order chi connectivity index (χ0) is 15.3. The highest BCUT2D eigenvalue weighted by atomic mass is 15.6. The summed E-state index contributed by atoms with van der Waals surface area (Å²) in [7, 11) is 1.80. The fraction of sp³-hybridized carbons (Fsp3) is 0.562. The number of nitrogens with one attached hydrogen (secondary N) is 1. The number of tetrazole rings is 1. The van der Waals surface area contributed by atoms with E-state index in [1.807, 2.05) is 0 Å². The molecule has 5 heteroatoms. The molecule has 0 amide bonds. The molecule has 0 aliphatic rings. The maximum atomic E-state index is 4.32. The van der Waals surface area contributed by atoms with E-state index in [1.54, 1.807) is 7.05 Å². The lowest BCUT2D eigenvalue weighted by Crippen LogP contribution is -2.46. The van der Waals surface area contributed by atoms with Crippen molar-refractivity contribution in [3.8, 4) is 0 Å². The summed E-state index contributed by atoms with van der Waals surface area (Å²) >= 11 is 0. The molecule has 1 aromatic heterocycles. The maximum absolute atomic E-state index is 4.32. The van der Waals surface area contributed by atoms with Crippen LogP contribution in [0.2, 0.25) is 0 Å². The van der Waals surface area contributed by atoms with Crippen LogP contribution in [-0.4, -0.2) is 32.8 Å². The van der Waals surface area contributed by atoms with Gasteiger partial charge in [0.25, 0.3) is 0 Å². The van der Waals surface area contributed by atoms with Crippen LogP contribution in [0.4, 0.5) is 0 Å². The van der Waals surface area contributed by atoms with Gasteiger partial charge in [0.2, 0.25) is 0 Å². The molecule has 0 radical (unpaired) electrons. The number of hydrogen-bond donors (Lipinski definition) is 1.